The van der Waals surface area contributed by atoms with Crippen molar-refractivity contribution in [1.29, 1.82) is 0 Å². The number of aromatic hydroxyl groups is 1. The van der Waals surface area contributed by atoms with Gasteiger partial charge in [0.2, 0.25) is 0 Å². The molecule has 0 atom stereocenters. The van der Waals surface area contributed by atoms with Crippen LogP contribution in [0.3, 0.4) is 0 Å². The average Bonchev–Trinajstić information content (AvgIpc) is 2.32. The molecule has 17 heavy (non-hydrogen) atoms. The summed E-state index contributed by atoms with van der Waals surface area (Å²) in [6.07, 6.45) is 0.714. The van der Waals surface area contributed by atoms with Crippen molar-refractivity contribution >= 4 is 0 Å². The first-order valence-corrected chi connectivity index (χ1v) is 5.48. The van der Waals surface area contributed by atoms with Crippen LogP contribution in [-0.2, 0) is 6.42 Å². The molecule has 2 aromatic carbocycles. The fraction of sp³-hybridized carbons (Fsp3) is 0.143. The zero-order valence-corrected chi connectivity index (χ0v) is 9.36. The first kappa shape index (κ1) is 11.6. The molecular formula is C14H14FNO. The van der Waals surface area contributed by atoms with Crippen LogP contribution in [-0.4, -0.2) is 11.7 Å². The van der Waals surface area contributed by atoms with Crippen molar-refractivity contribution in [2.45, 2.75) is 6.42 Å². The Kier molecular flexibility index (Phi) is 3.40. The number of rotatable bonds is 3. The van der Waals surface area contributed by atoms with Crippen LogP contribution in [0.2, 0.25) is 0 Å². The normalized spacial score (nSPS) is 10.5. The van der Waals surface area contributed by atoms with Gasteiger partial charge in [0.15, 0.2) is 0 Å². The summed E-state index contributed by atoms with van der Waals surface area (Å²) in [7, 11) is 0. The van der Waals surface area contributed by atoms with E-state index >= 15 is 0 Å². The minimum atomic E-state index is -0.295. The molecule has 0 unspecified atom stereocenters. The molecule has 0 bridgehead atoms. The van der Waals surface area contributed by atoms with Gasteiger partial charge in [-0.3, -0.25) is 0 Å². The zero-order chi connectivity index (χ0) is 12.3. The van der Waals surface area contributed by atoms with E-state index in [-0.39, 0.29) is 11.6 Å². The topological polar surface area (TPSA) is 46.2 Å². The predicted octanol–water partition coefficient (Wildman–Crippen LogP) is 2.70. The quantitative estimate of drug-likeness (QED) is 0.853. The highest BCUT2D eigenvalue weighted by Crippen LogP contribution is 2.26. The lowest BCUT2D eigenvalue weighted by atomic mass is 10.0. The molecule has 0 fully saturated rings. The van der Waals surface area contributed by atoms with E-state index < -0.39 is 0 Å². The summed E-state index contributed by atoms with van der Waals surface area (Å²) in [4.78, 5) is 0. The van der Waals surface area contributed by atoms with Crippen LogP contribution in [0.4, 0.5) is 4.39 Å². The Morgan fingerprint density at radius 1 is 1.12 bits per heavy atom. The monoisotopic (exact) mass is 231 g/mol. The van der Waals surface area contributed by atoms with Crippen molar-refractivity contribution in [2.75, 3.05) is 6.54 Å². The highest BCUT2D eigenvalue weighted by atomic mass is 19.1. The van der Waals surface area contributed by atoms with Crippen molar-refractivity contribution in [1.82, 2.24) is 0 Å². The van der Waals surface area contributed by atoms with Gasteiger partial charge in [-0.2, -0.15) is 0 Å². The Morgan fingerprint density at radius 2 is 1.94 bits per heavy atom. The molecule has 0 amide bonds. The van der Waals surface area contributed by atoms with Crippen LogP contribution in [0.5, 0.6) is 5.75 Å². The second-order valence-electron chi connectivity index (χ2n) is 3.90. The van der Waals surface area contributed by atoms with E-state index in [1.54, 1.807) is 36.4 Å². The Labute approximate surface area is 99.5 Å². The third-order valence-corrected chi connectivity index (χ3v) is 2.62. The molecule has 3 heteroatoms. The lowest BCUT2D eigenvalue weighted by Crippen LogP contribution is -2.03. The maximum absolute atomic E-state index is 13.7. The van der Waals surface area contributed by atoms with Gasteiger partial charge >= 0.3 is 0 Å². The summed E-state index contributed by atoms with van der Waals surface area (Å²) in [6.45, 7) is 0.533. The Hall–Kier alpha value is -1.87. The Bertz CT molecular complexity index is 525. The number of hydrogen-bond acceptors (Lipinski definition) is 2. The minimum absolute atomic E-state index is 0.131. The van der Waals surface area contributed by atoms with Crippen LogP contribution in [0, 0.1) is 5.82 Å². The summed E-state index contributed by atoms with van der Waals surface area (Å²) in [5, 5.41) is 9.40. The molecule has 2 nitrogen and oxygen atoms in total. The number of halogens is 1. The number of hydrogen-bond donors (Lipinski definition) is 2. The molecule has 0 heterocycles. The van der Waals surface area contributed by atoms with Gasteiger partial charge in [0.1, 0.15) is 11.6 Å². The maximum Gasteiger partial charge on any atom is 0.131 e. The zero-order valence-electron chi connectivity index (χ0n) is 9.36. The van der Waals surface area contributed by atoms with Crippen LogP contribution in [0.25, 0.3) is 11.1 Å². The van der Waals surface area contributed by atoms with Crippen molar-refractivity contribution in [3.63, 3.8) is 0 Å². The number of benzene rings is 2. The van der Waals surface area contributed by atoms with E-state index in [1.165, 1.54) is 6.07 Å². The van der Waals surface area contributed by atoms with Crippen LogP contribution >= 0.6 is 0 Å². The van der Waals surface area contributed by atoms with Gasteiger partial charge in [-0.25, -0.2) is 4.39 Å². The van der Waals surface area contributed by atoms with E-state index in [0.717, 1.165) is 5.56 Å². The van der Waals surface area contributed by atoms with E-state index in [4.69, 9.17) is 5.73 Å². The lowest BCUT2D eigenvalue weighted by molar-refractivity contribution is 0.475. The van der Waals surface area contributed by atoms with Crippen LogP contribution in [0.15, 0.2) is 42.5 Å². The maximum atomic E-state index is 13.7. The lowest BCUT2D eigenvalue weighted by Gasteiger charge is -2.07. The molecule has 0 aliphatic rings. The second kappa shape index (κ2) is 4.97. The van der Waals surface area contributed by atoms with E-state index in [0.29, 0.717) is 24.1 Å². The highest BCUT2D eigenvalue weighted by molar-refractivity contribution is 5.66. The standard InChI is InChI=1S/C14H14FNO/c15-14-5-4-10(6-7-16)8-13(14)11-2-1-3-12(17)9-11/h1-5,8-9,17H,6-7,16H2. The molecule has 2 rings (SSSR count). The highest BCUT2D eigenvalue weighted by Gasteiger charge is 2.06. The molecular weight excluding hydrogens is 217 g/mol. The SMILES string of the molecule is NCCc1ccc(F)c(-c2cccc(O)c2)c1. The molecule has 0 aliphatic heterocycles. The van der Waals surface area contributed by atoms with Gasteiger partial charge in [-0.15, -0.1) is 0 Å². The molecule has 0 radical (unpaired) electrons. The van der Waals surface area contributed by atoms with E-state index in [2.05, 4.69) is 0 Å². The fourth-order valence-corrected chi connectivity index (χ4v) is 1.79. The van der Waals surface area contributed by atoms with Gasteiger partial charge in [0.25, 0.3) is 0 Å². The van der Waals surface area contributed by atoms with Gasteiger partial charge in [-0.05, 0) is 48.4 Å². The molecule has 2 aromatic rings. The number of phenols is 1. The first-order valence-electron chi connectivity index (χ1n) is 5.48. The van der Waals surface area contributed by atoms with Crippen molar-refractivity contribution in [2.24, 2.45) is 5.73 Å². The smallest absolute Gasteiger partial charge is 0.131 e. The molecule has 0 saturated heterocycles. The predicted molar refractivity (Wildman–Crippen MR) is 66.3 cm³/mol. The van der Waals surface area contributed by atoms with Gasteiger partial charge in [0, 0.05) is 5.56 Å². The van der Waals surface area contributed by atoms with Crippen LogP contribution < -0.4 is 5.73 Å². The van der Waals surface area contributed by atoms with Crippen molar-refractivity contribution < 1.29 is 9.50 Å². The summed E-state index contributed by atoms with van der Waals surface area (Å²) < 4.78 is 13.7. The third kappa shape index (κ3) is 2.63. The fourth-order valence-electron chi connectivity index (χ4n) is 1.79. The van der Waals surface area contributed by atoms with E-state index in [9.17, 15) is 9.50 Å². The van der Waals surface area contributed by atoms with Crippen molar-refractivity contribution in [3.8, 4) is 16.9 Å². The molecule has 3 N–H and O–H groups in total. The average molecular weight is 231 g/mol. The molecule has 0 aromatic heterocycles. The number of phenolic OH excluding ortho intramolecular Hbond substituents is 1. The summed E-state index contributed by atoms with van der Waals surface area (Å²) >= 11 is 0. The largest absolute Gasteiger partial charge is 0.508 e. The number of nitrogens with two attached hydrogens (primary N) is 1. The van der Waals surface area contributed by atoms with Gasteiger partial charge in [0.05, 0.1) is 0 Å². The molecule has 0 spiro atoms. The van der Waals surface area contributed by atoms with Gasteiger partial charge in [-0.1, -0.05) is 18.2 Å². The van der Waals surface area contributed by atoms with Crippen molar-refractivity contribution in [3.05, 3.63) is 53.8 Å². The summed E-state index contributed by atoms with van der Waals surface area (Å²) in [5.74, 6) is -0.164. The Morgan fingerprint density at radius 3 is 2.65 bits per heavy atom. The minimum Gasteiger partial charge on any atom is -0.508 e. The van der Waals surface area contributed by atoms with E-state index in [1.807, 2.05) is 0 Å². The molecule has 0 saturated carbocycles. The molecule has 88 valence electrons. The molecule has 0 aliphatic carbocycles. The summed E-state index contributed by atoms with van der Waals surface area (Å²) in [6, 6.07) is 11.5. The summed E-state index contributed by atoms with van der Waals surface area (Å²) in [5.41, 5.74) is 7.63. The Balaban J connectivity index is 2.46. The third-order valence-electron chi connectivity index (χ3n) is 2.62. The van der Waals surface area contributed by atoms with Crippen LogP contribution in [0.1, 0.15) is 5.56 Å². The second-order valence-corrected chi connectivity index (χ2v) is 3.90. The first-order chi connectivity index (χ1) is 8.20. The van der Waals surface area contributed by atoms with Gasteiger partial charge < -0.3 is 10.8 Å².